The molecule has 1 saturated carbocycles. The van der Waals surface area contributed by atoms with Crippen LogP contribution in [0.25, 0.3) is 11.2 Å². The molecule has 1 aliphatic carbocycles. The van der Waals surface area contributed by atoms with Crippen LogP contribution in [-0.4, -0.2) is 52.2 Å². The number of primary amides is 1. The molecule has 0 bridgehead atoms. The number of fused-ring (bicyclic) bond motifs is 1. The quantitative estimate of drug-likeness (QED) is 0.234. The number of nitrogens with one attached hydrogen (secondary N) is 2. The average Bonchev–Trinajstić information content (AvgIpc) is 3.37. The molecule has 0 radical (unpaired) electrons. The molecule has 40 heavy (non-hydrogen) atoms. The maximum absolute atomic E-state index is 13.1. The molecule has 2 aromatic heterocycles. The van der Waals surface area contributed by atoms with E-state index in [-0.39, 0.29) is 4.90 Å². The number of sulfonamides is 1. The summed E-state index contributed by atoms with van der Waals surface area (Å²) in [5.41, 5.74) is 6.78. The number of benzene rings is 2. The van der Waals surface area contributed by atoms with Gasteiger partial charge in [0.25, 0.3) is 10.0 Å². The average molecular weight is 567 g/mol. The van der Waals surface area contributed by atoms with Crippen LogP contribution >= 0.6 is 0 Å². The number of hydrogen-bond acceptors (Lipinski definition) is 8. The Morgan fingerprint density at radius 1 is 1.07 bits per heavy atom. The molecule has 5 rings (SSSR count). The van der Waals surface area contributed by atoms with Crippen LogP contribution in [0.4, 0.5) is 27.9 Å². The van der Waals surface area contributed by atoms with Crippen molar-refractivity contribution < 1.29 is 18.3 Å². The molecule has 1 aliphatic rings. The summed E-state index contributed by atoms with van der Waals surface area (Å²) >= 11 is 0. The van der Waals surface area contributed by atoms with E-state index in [1.165, 1.54) is 23.6 Å². The molecule has 0 atom stereocenters. The second-order valence-corrected chi connectivity index (χ2v) is 11.3. The van der Waals surface area contributed by atoms with E-state index in [0.29, 0.717) is 34.7 Å². The van der Waals surface area contributed by atoms with E-state index in [4.69, 9.17) is 19.9 Å². The molecule has 0 unspecified atom stereocenters. The molecule has 13 heteroatoms. The van der Waals surface area contributed by atoms with Gasteiger partial charge in [-0.05, 0) is 56.2 Å². The van der Waals surface area contributed by atoms with Crippen molar-refractivity contribution in [1.82, 2.24) is 19.5 Å². The van der Waals surface area contributed by atoms with Gasteiger partial charge in [0.05, 0.1) is 16.9 Å². The van der Waals surface area contributed by atoms with Crippen LogP contribution in [-0.2, 0) is 16.6 Å². The Morgan fingerprint density at radius 2 is 1.73 bits per heavy atom. The number of hydrogen-bond donors (Lipinski definition) is 4. The van der Waals surface area contributed by atoms with Crippen molar-refractivity contribution in [3.05, 3.63) is 60.9 Å². The lowest BCUT2D eigenvalue weighted by Gasteiger charge is -2.23. The zero-order valence-electron chi connectivity index (χ0n) is 22.5. The molecule has 2 aromatic carbocycles. The fraction of sp³-hybridized carbons (Fsp3) is 0.333. The highest BCUT2D eigenvalue weighted by atomic mass is 32.2. The number of aromatic nitrogens is 4. The summed E-state index contributed by atoms with van der Waals surface area (Å²) in [5.74, 6) is 1.17. The van der Waals surface area contributed by atoms with Crippen molar-refractivity contribution in [2.75, 3.05) is 22.0 Å². The third kappa shape index (κ3) is 6.78. The highest BCUT2D eigenvalue weighted by Gasteiger charge is 2.22. The molecule has 0 saturated heterocycles. The molecule has 1 fully saturated rings. The van der Waals surface area contributed by atoms with Crippen LogP contribution in [0.2, 0.25) is 0 Å². The molecule has 1 amide bonds. The van der Waals surface area contributed by atoms with Crippen molar-refractivity contribution in [3.63, 3.8) is 0 Å². The molecule has 5 N–H and O–H groups in total. The number of nitrogens with two attached hydrogens (primary N) is 1. The van der Waals surface area contributed by atoms with Crippen LogP contribution in [0.3, 0.4) is 0 Å². The lowest BCUT2D eigenvalue weighted by molar-refractivity contribution is 0.205. The van der Waals surface area contributed by atoms with Crippen LogP contribution in [0.5, 0.6) is 0 Å². The fourth-order valence-corrected chi connectivity index (χ4v) is 5.73. The van der Waals surface area contributed by atoms with Crippen molar-refractivity contribution in [3.8, 4) is 0 Å². The first-order valence-electron chi connectivity index (χ1n) is 13.1. The van der Waals surface area contributed by atoms with E-state index < -0.39 is 16.1 Å². The molecule has 4 aromatic rings. The number of carboxylic acid groups (broad SMARTS) is 1. The third-order valence-corrected chi connectivity index (χ3v) is 8.44. The fourth-order valence-electron chi connectivity index (χ4n) is 4.54. The second-order valence-electron chi connectivity index (χ2n) is 9.37. The summed E-state index contributed by atoms with van der Waals surface area (Å²) in [6.45, 7) is 2.80. The predicted molar refractivity (Wildman–Crippen MR) is 155 cm³/mol. The maximum atomic E-state index is 13.1. The predicted octanol–water partition coefficient (Wildman–Crippen LogP) is 4.78. The smallest absolute Gasteiger partial charge is 0.402 e. The number of imidazole rings is 1. The van der Waals surface area contributed by atoms with E-state index in [9.17, 15) is 8.42 Å². The Bertz CT molecular complexity index is 1530. The molecule has 0 spiro atoms. The van der Waals surface area contributed by atoms with Gasteiger partial charge >= 0.3 is 6.09 Å². The summed E-state index contributed by atoms with van der Waals surface area (Å²) < 4.78 is 29.5. The molecule has 212 valence electrons. The van der Waals surface area contributed by atoms with Crippen molar-refractivity contribution in [2.45, 2.75) is 56.5 Å². The number of amides is 1. The van der Waals surface area contributed by atoms with Crippen molar-refractivity contribution in [1.29, 1.82) is 0 Å². The van der Waals surface area contributed by atoms with Crippen LogP contribution in [0.15, 0.2) is 65.8 Å². The summed E-state index contributed by atoms with van der Waals surface area (Å²) in [6, 6.07) is 16.1. The van der Waals surface area contributed by atoms with Crippen molar-refractivity contribution in [2.24, 2.45) is 5.73 Å². The summed E-state index contributed by atoms with van der Waals surface area (Å²) in [5, 5.41) is 14.0. The SMILES string of the molecule is CCn1cnc2c(Nc3ccc(S(=O)(=O)N(C)c4ccccc4)cc3)nc(NC3CCCCC3)nc21.NC(=O)O. The number of nitrogens with zero attached hydrogens (tertiary/aromatic N) is 5. The van der Waals surface area contributed by atoms with E-state index >= 15 is 0 Å². The molecular weight excluding hydrogens is 532 g/mol. The van der Waals surface area contributed by atoms with Gasteiger partial charge in [-0.15, -0.1) is 0 Å². The molecular formula is C27H34N8O4S. The van der Waals surface area contributed by atoms with E-state index in [1.807, 2.05) is 22.8 Å². The van der Waals surface area contributed by atoms with Gasteiger partial charge in [-0.25, -0.2) is 18.2 Å². The largest absolute Gasteiger partial charge is 0.465 e. The number of aryl methyl sites for hydroxylation is 1. The Labute approximate surface area is 233 Å². The Hall–Kier alpha value is -4.39. The standard InChI is InChI=1S/C26H31N7O2S.CH3NO2/c1-3-33-18-27-23-24(30-26(31-25(23)33)29-19-10-6-4-7-11-19)28-20-14-16-22(17-15-20)36(34,35)32(2)21-12-8-5-9-13-21;2-1(3)4/h5,8-9,12-19H,3-4,6-7,10-11H2,1-2H3,(H2,28,29,30,31);2H2,(H,3,4). The minimum atomic E-state index is -3.69. The van der Waals surface area contributed by atoms with E-state index in [2.05, 4.69) is 28.3 Å². The zero-order valence-corrected chi connectivity index (χ0v) is 23.3. The lowest BCUT2D eigenvalue weighted by Crippen LogP contribution is -2.26. The van der Waals surface area contributed by atoms with Gasteiger partial charge in [0, 0.05) is 25.3 Å². The Morgan fingerprint density at radius 3 is 2.35 bits per heavy atom. The topological polar surface area (TPSA) is 168 Å². The normalized spacial score (nSPS) is 13.8. The highest BCUT2D eigenvalue weighted by Crippen LogP contribution is 2.28. The summed E-state index contributed by atoms with van der Waals surface area (Å²) in [4.78, 5) is 23.0. The Balaban J connectivity index is 0.000000867. The molecule has 0 aliphatic heterocycles. The van der Waals surface area contributed by atoms with E-state index in [0.717, 1.165) is 25.0 Å². The van der Waals surface area contributed by atoms with Crippen LogP contribution in [0, 0.1) is 0 Å². The van der Waals surface area contributed by atoms with Gasteiger partial charge in [0.2, 0.25) is 5.95 Å². The monoisotopic (exact) mass is 566 g/mol. The number of para-hydroxylation sites is 1. The second kappa shape index (κ2) is 12.6. The van der Waals surface area contributed by atoms with Gasteiger partial charge in [-0.1, -0.05) is 37.5 Å². The van der Waals surface area contributed by atoms with Gasteiger partial charge in [-0.3, -0.25) is 4.31 Å². The van der Waals surface area contributed by atoms with Crippen LogP contribution < -0.4 is 20.7 Å². The minimum Gasteiger partial charge on any atom is -0.465 e. The first-order valence-corrected chi connectivity index (χ1v) is 14.5. The molecule has 12 nitrogen and oxygen atoms in total. The number of carbonyl (C=O) groups is 1. The van der Waals surface area contributed by atoms with Crippen LogP contribution in [0.1, 0.15) is 39.0 Å². The maximum Gasteiger partial charge on any atom is 0.402 e. The number of rotatable bonds is 8. The minimum absolute atomic E-state index is 0.210. The van der Waals surface area contributed by atoms with Gasteiger partial charge < -0.3 is 26.0 Å². The lowest BCUT2D eigenvalue weighted by atomic mass is 9.96. The third-order valence-electron chi connectivity index (χ3n) is 6.64. The van der Waals surface area contributed by atoms with Gasteiger partial charge in [0.15, 0.2) is 17.0 Å². The Kier molecular flexibility index (Phi) is 9.04. The first kappa shape index (κ1) is 28.6. The van der Waals surface area contributed by atoms with Gasteiger partial charge in [-0.2, -0.15) is 9.97 Å². The van der Waals surface area contributed by atoms with Crippen molar-refractivity contribution >= 4 is 50.4 Å². The summed E-state index contributed by atoms with van der Waals surface area (Å²) in [6.07, 6.45) is 6.37. The van der Waals surface area contributed by atoms with E-state index in [1.54, 1.807) is 49.8 Å². The summed E-state index contributed by atoms with van der Waals surface area (Å²) in [7, 11) is -2.13. The van der Waals surface area contributed by atoms with Gasteiger partial charge in [0.1, 0.15) is 0 Å². The zero-order chi connectivity index (χ0) is 28.7. The highest BCUT2D eigenvalue weighted by molar-refractivity contribution is 7.92. The first-order chi connectivity index (χ1) is 19.2. The molecule has 2 heterocycles. The number of anilines is 4.